The molecular formula is C21H20NO2P. The molecule has 0 atom stereocenters. The van der Waals surface area contributed by atoms with Gasteiger partial charge in [0.2, 0.25) is 7.29 Å². The lowest BCUT2D eigenvalue weighted by molar-refractivity contribution is 0.414. The van der Waals surface area contributed by atoms with Crippen molar-refractivity contribution in [2.24, 2.45) is 4.76 Å². The SMILES string of the molecule is COc1ccccc1/C(C)=N/P(=O)(c1ccccc1)c1ccccc1. The van der Waals surface area contributed by atoms with Crippen LogP contribution in [0, 0.1) is 0 Å². The summed E-state index contributed by atoms with van der Waals surface area (Å²) in [5.41, 5.74) is 1.53. The van der Waals surface area contributed by atoms with Crippen LogP contribution in [0.15, 0.2) is 89.7 Å². The van der Waals surface area contributed by atoms with Crippen LogP contribution < -0.4 is 15.3 Å². The van der Waals surface area contributed by atoms with Crippen molar-refractivity contribution >= 4 is 23.6 Å². The molecule has 0 N–H and O–H groups in total. The van der Waals surface area contributed by atoms with Crippen molar-refractivity contribution in [2.75, 3.05) is 7.11 Å². The Morgan fingerprint density at radius 2 is 1.28 bits per heavy atom. The molecule has 4 heteroatoms. The molecule has 0 heterocycles. The first kappa shape index (κ1) is 17.2. The molecule has 126 valence electrons. The first-order valence-electron chi connectivity index (χ1n) is 8.06. The van der Waals surface area contributed by atoms with Crippen molar-refractivity contribution in [1.29, 1.82) is 0 Å². The third-order valence-corrected chi connectivity index (χ3v) is 6.58. The standard InChI is InChI=1S/C21H20NO2P/c1-17(20-15-9-10-16-21(20)24-2)22-25(23,18-11-5-3-6-12-18)19-13-7-4-8-14-19/h3-16H,1-2H3/b22-17+. The lowest BCUT2D eigenvalue weighted by Gasteiger charge is -2.17. The van der Waals surface area contributed by atoms with Crippen molar-refractivity contribution in [3.8, 4) is 5.75 Å². The van der Waals surface area contributed by atoms with Crippen LogP contribution in [0.4, 0.5) is 0 Å². The highest BCUT2D eigenvalue weighted by Crippen LogP contribution is 2.45. The van der Waals surface area contributed by atoms with Gasteiger partial charge in [-0.25, -0.2) is 4.76 Å². The first-order chi connectivity index (χ1) is 12.1. The second-order valence-electron chi connectivity index (χ2n) is 5.63. The van der Waals surface area contributed by atoms with Crippen molar-refractivity contribution in [3.05, 3.63) is 90.5 Å². The number of nitrogens with zero attached hydrogens (tertiary/aromatic N) is 1. The Morgan fingerprint density at radius 3 is 1.80 bits per heavy atom. The first-order valence-corrected chi connectivity index (χ1v) is 9.72. The highest BCUT2D eigenvalue weighted by Gasteiger charge is 2.27. The molecule has 0 aromatic heterocycles. The van der Waals surface area contributed by atoms with Gasteiger partial charge in [-0.3, -0.25) is 4.57 Å². The maximum Gasteiger partial charge on any atom is 0.247 e. The molecule has 3 rings (SSSR count). The Bertz CT molecular complexity index is 877. The maximum absolute atomic E-state index is 14.0. The van der Waals surface area contributed by atoms with Crippen LogP contribution in [0.5, 0.6) is 5.75 Å². The van der Waals surface area contributed by atoms with E-state index in [0.29, 0.717) is 5.71 Å². The molecule has 0 aliphatic heterocycles. The van der Waals surface area contributed by atoms with E-state index >= 15 is 0 Å². The summed E-state index contributed by atoms with van der Waals surface area (Å²) in [7, 11) is -1.52. The van der Waals surface area contributed by atoms with Crippen LogP contribution in [-0.4, -0.2) is 12.8 Å². The smallest absolute Gasteiger partial charge is 0.247 e. The van der Waals surface area contributed by atoms with E-state index in [9.17, 15) is 4.57 Å². The molecule has 0 amide bonds. The summed E-state index contributed by atoms with van der Waals surface area (Å²) in [6.07, 6.45) is 0. The Balaban J connectivity index is 2.18. The number of rotatable bonds is 5. The van der Waals surface area contributed by atoms with E-state index in [2.05, 4.69) is 0 Å². The number of para-hydroxylation sites is 1. The molecule has 0 saturated carbocycles. The quantitative estimate of drug-likeness (QED) is 0.505. The van der Waals surface area contributed by atoms with Gasteiger partial charge in [0.1, 0.15) is 5.75 Å². The molecule has 0 bridgehead atoms. The number of hydrogen-bond donors (Lipinski definition) is 0. The zero-order valence-corrected chi connectivity index (χ0v) is 15.2. The van der Waals surface area contributed by atoms with Gasteiger partial charge >= 0.3 is 0 Å². The van der Waals surface area contributed by atoms with Crippen molar-refractivity contribution in [3.63, 3.8) is 0 Å². The summed E-state index contributed by atoms with van der Waals surface area (Å²) in [4.78, 5) is 0. The van der Waals surface area contributed by atoms with E-state index in [-0.39, 0.29) is 0 Å². The molecule has 3 aromatic rings. The fourth-order valence-corrected chi connectivity index (χ4v) is 4.95. The van der Waals surface area contributed by atoms with Crippen LogP contribution in [0.3, 0.4) is 0 Å². The number of hydrogen-bond acceptors (Lipinski definition) is 2. The molecule has 0 radical (unpaired) electrons. The van der Waals surface area contributed by atoms with Gasteiger partial charge in [0.05, 0.1) is 12.8 Å². The summed E-state index contributed by atoms with van der Waals surface area (Å²) >= 11 is 0. The third-order valence-electron chi connectivity index (χ3n) is 4.00. The molecule has 0 saturated heterocycles. The predicted molar refractivity (Wildman–Crippen MR) is 105 cm³/mol. The van der Waals surface area contributed by atoms with Gasteiger partial charge in [-0.1, -0.05) is 48.5 Å². The van der Waals surface area contributed by atoms with E-state index < -0.39 is 7.29 Å². The molecule has 3 aromatic carbocycles. The molecule has 0 aliphatic rings. The van der Waals surface area contributed by atoms with Gasteiger partial charge in [0.25, 0.3) is 0 Å². The Labute approximate surface area is 148 Å². The van der Waals surface area contributed by atoms with Crippen molar-refractivity contribution in [2.45, 2.75) is 6.92 Å². The van der Waals surface area contributed by atoms with E-state index in [0.717, 1.165) is 21.9 Å². The fraction of sp³-hybridized carbons (Fsp3) is 0.0952. The zero-order chi connectivity index (χ0) is 17.7. The summed E-state index contributed by atoms with van der Waals surface area (Å²) in [6, 6.07) is 26.5. The molecule has 3 nitrogen and oxygen atoms in total. The molecular weight excluding hydrogens is 329 g/mol. The minimum atomic E-state index is -3.14. The van der Waals surface area contributed by atoms with Crippen molar-refractivity contribution < 1.29 is 9.30 Å². The lowest BCUT2D eigenvalue weighted by Crippen LogP contribution is -2.15. The monoisotopic (exact) mass is 349 g/mol. The van der Waals surface area contributed by atoms with Gasteiger partial charge in [0.15, 0.2) is 0 Å². The Kier molecular flexibility index (Phi) is 5.16. The zero-order valence-electron chi connectivity index (χ0n) is 14.3. The van der Waals surface area contributed by atoms with E-state index in [1.54, 1.807) is 7.11 Å². The average Bonchev–Trinajstić information content (AvgIpc) is 2.69. The molecule has 0 spiro atoms. The van der Waals surface area contributed by atoms with Gasteiger partial charge in [0, 0.05) is 16.2 Å². The second kappa shape index (κ2) is 7.50. The summed E-state index contributed by atoms with van der Waals surface area (Å²) < 4.78 is 24.1. The Hall–Kier alpha value is -2.64. The summed E-state index contributed by atoms with van der Waals surface area (Å²) in [6.45, 7) is 1.87. The summed E-state index contributed by atoms with van der Waals surface area (Å²) in [5.74, 6) is 0.719. The van der Waals surface area contributed by atoms with Gasteiger partial charge < -0.3 is 4.74 Å². The molecule has 0 unspecified atom stereocenters. The Morgan fingerprint density at radius 1 is 0.800 bits per heavy atom. The fourth-order valence-electron chi connectivity index (χ4n) is 2.73. The van der Waals surface area contributed by atoms with Crippen LogP contribution >= 0.6 is 7.29 Å². The van der Waals surface area contributed by atoms with Crippen molar-refractivity contribution in [1.82, 2.24) is 0 Å². The average molecular weight is 349 g/mol. The molecule has 0 fully saturated rings. The van der Waals surface area contributed by atoms with Crippen LogP contribution in [0.1, 0.15) is 12.5 Å². The van der Waals surface area contributed by atoms with E-state index in [4.69, 9.17) is 9.50 Å². The van der Waals surface area contributed by atoms with Crippen LogP contribution in [-0.2, 0) is 4.57 Å². The maximum atomic E-state index is 14.0. The number of ether oxygens (including phenoxy) is 1. The number of methoxy groups -OCH3 is 1. The topological polar surface area (TPSA) is 38.7 Å². The van der Waals surface area contributed by atoms with Gasteiger partial charge in [-0.2, -0.15) is 0 Å². The summed E-state index contributed by atoms with van der Waals surface area (Å²) in [5, 5.41) is 1.44. The van der Waals surface area contributed by atoms with Gasteiger partial charge in [-0.15, -0.1) is 0 Å². The van der Waals surface area contributed by atoms with E-state index in [1.807, 2.05) is 91.9 Å². The highest BCUT2D eigenvalue weighted by atomic mass is 31.2. The van der Waals surface area contributed by atoms with Crippen LogP contribution in [0.25, 0.3) is 0 Å². The second-order valence-corrected chi connectivity index (χ2v) is 8.02. The van der Waals surface area contributed by atoms with E-state index in [1.165, 1.54) is 0 Å². The molecule has 0 aliphatic carbocycles. The lowest BCUT2D eigenvalue weighted by atomic mass is 10.1. The molecule has 25 heavy (non-hydrogen) atoms. The largest absolute Gasteiger partial charge is 0.496 e. The normalized spacial score (nSPS) is 12.0. The van der Waals surface area contributed by atoms with Crippen LogP contribution in [0.2, 0.25) is 0 Å². The van der Waals surface area contributed by atoms with Gasteiger partial charge in [-0.05, 0) is 43.3 Å². The third kappa shape index (κ3) is 3.57. The predicted octanol–water partition coefficient (Wildman–Crippen LogP) is 4.43. The number of benzene rings is 3. The minimum absolute atomic E-state index is 0.688. The highest BCUT2D eigenvalue weighted by molar-refractivity contribution is 7.77. The minimum Gasteiger partial charge on any atom is -0.496 e.